The van der Waals surface area contributed by atoms with Gasteiger partial charge in [0.05, 0.1) is 5.75 Å². The fraction of sp³-hybridized carbons (Fsp3) is 0.375. The summed E-state index contributed by atoms with van der Waals surface area (Å²) < 4.78 is 5.21. The quantitative estimate of drug-likeness (QED) is 0.785. The van der Waals surface area contributed by atoms with E-state index in [1.54, 1.807) is 24.8 Å². The highest BCUT2D eigenvalue weighted by molar-refractivity contribution is 7.97. The van der Waals surface area contributed by atoms with Crippen molar-refractivity contribution in [3.05, 3.63) is 23.2 Å². The summed E-state index contributed by atoms with van der Waals surface area (Å²) in [6, 6.07) is 1.58. The Morgan fingerprint density at radius 3 is 2.83 bits per heavy atom. The topological polar surface area (TPSA) is 50.4 Å². The number of thioether (sulfide) groups is 1. The molecule has 0 aromatic carbocycles. The molecule has 1 aromatic rings. The SMILES string of the molecule is CSCc1cc(C(=O)O)c(C)o1. The lowest BCUT2D eigenvalue weighted by molar-refractivity contribution is 0.0695. The Hall–Kier alpha value is -0.900. The van der Waals surface area contributed by atoms with Crippen molar-refractivity contribution in [1.82, 2.24) is 0 Å². The summed E-state index contributed by atoms with van der Waals surface area (Å²) in [7, 11) is 0. The second-order valence-electron chi connectivity index (χ2n) is 2.42. The first-order chi connectivity index (χ1) is 5.65. The summed E-state index contributed by atoms with van der Waals surface area (Å²) in [5.41, 5.74) is 0.263. The molecule has 0 unspecified atom stereocenters. The van der Waals surface area contributed by atoms with Crippen molar-refractivity contribution >= 4 is 17.7 Å². The molecule has 66 valence electrons. The number of aryl methyl sites for hydroxylation is 1. The fourth-order valence-electron chi connectivity index (χ4n) is 0.969. The highest BCUT2D eigenvalue weighted by Gasteiger charge is 2.12. The number of hydrogen-bond acceptors (Lipinski definition) is 3. The molecule has 1 N–H and O–H groups in total. The average Bonchev–Trinajstić information content (AvgIpc) is 2.32. The summed E-state index contributed by atoms with van der Waals surface area (Å²) in [5, 5.41) is 8.68. The van der Waals surface area contributed by atoms with E-state index in [2.05, 4.69) is 0 Å². The lowest BCUT2D eigenvalue weighted by Gasteiger charge is -1.88. The van der Waals surface area contributed by atoms with Crippen molar-refractivity contribution in [3.8, 4) is 0 Å². The molecule has 0 aliphatic heterocycles. The third-order valence-electron chi connectivity index (χ3n) is 1.49. The lowest BCUT2D eigenvalue weighted by Crippen LogP contribution is -1.94. The van der Waals surface area contributed by atoms with E-state index in [-0.39, 0.29) is 5.56 Å². The van der Waals surface area contributed by atoms with Gasteiger partial charge in [-0.15, -0.1) is 0 Å². The lowest BCUT2D eigenvalue weighted by atomic mass is 10.2. The number of rotatable bonds is 3. The van der Waals surface area contributed by atoms with E-state index in [4.69, 9.17) is 9.52 Å². The van der Waals surface area contributed by atoms with Gasteiger partial charge in [-0.1, -0.05) is 0 Å². The van der Waals surface area contributed by atoms with E-state index in [1.807, 2.05) is 6.26 Å². The Labute approximate surface area is 74.8 Å². The Morgan fingerprint density at radius 1 is 1.75 bits per heavy atom. The summed E-state index contributed by atoms with van der Waals surface area (Å²) in [5.74, 6) is 0.987. The fourth-order valence-corrected chi connectivity index (χ4v) is 1.40. The minimum absolute atomic E-state index is 0.263. The van der Waals surface area contributed by atoms with Gasteiger partial charge in [-0.2, -0.15) is 11.8 Å². The number of carbonyl (C=O) groups is 1. The predicted molar refractivity (Wildman–Crippen MR) is 47.6 cm³/mol. The van der Waals surface area contributed by atoms with Crippen molar-refractivity contribution in [2.75, 3.05) is 6.26 Å². The molecule has 4 heteroatoms. The predicted octanol–water partition coefficient (Wildman–Crippen LogP) is 2.15. The Bertz CT molecular complexity index is 290. The van der Waals surface area contributed by atoms with Gasteiger partial charge in [-0.05, 0) is 19.2 Å². The molecule has 12 heavy (non-hydrogen) atoms. The molecule has 0 fully saturated rings. The number of furan rings is 1. The smallest absolute Gasteiger partial charge is 0.339 e. The molecule has 3 nitrogen and oxygen atoms in total. The largest absolute Gasteiger partial charge is 0.478 e. The molecular weight excluding hydrogens is 176 g/mol. The van der Waals surface area contributed by atoms with Crippen molar-refractivity contribution in [2.45, 2.75) is 12.7 Å². The minimum Gasteiger partial charge on any atom is -0.478 e. The first kappa shape index (κ1) is 9.19. The van der Waals surface area contributed by atoms with Crippen molar-refractivity contribution < 1.29 is 14.3 Å². The molecule has 0 aliphatic carbocycles. The van der Waals surface area contributed by atoms with Gasteiger partial charge in [-0.3, -0.25) is 0 Å². The first-order valence-corrected chi connectivity index (χ1v) is 4.86. The summed E-state index contributed by atoms with van der Waals surface area (Å²) in [6.07, 6.45) is 1.94. The molecule has 0 atom stereocenters. The van der Waals surface area contributed by atoms with Gasteiger partial charge in [-0.25, -0.2) is 4.79 Å². The zero-order valence-electron chi connectivity index (χ0n) is 6.96. The van der Waals surface area contributed by atoms with E-state index in [0.717, 1.165) is 5.76 Å². The maximum atomic E-state index is 10.6. The minimum atomic E-state index is -0.927. The van der Waals surface area contributed by atoms with Crippen LogP contribution in [0, 0.1) is 6.92 Å². The number of hydrogen-bond donors (Lipinski definition) is 1. The highest BCUT2D eigenvalue weighted by atomic mass is 32.2. The van der Waals surface area contributed by atoms with Crippen LogP contribution in [-0.4, -0.2) is 17.3 Å². The number of carboxylic acids is 1. The summed E-state index contributed by atoms with van der Waals surface area (Å²) >= 11 is 1.60. The molecule has 0 radical (unpaired) electrons. The van der Waals surface area contributed by atoms with Gasteiger partial charge in [0.15, 0.2) is 0 Å². The van der Waals surface area contributed by atoms with Crippen LogP contribution in [0.3, 0.4) is 0 Å². The molecule has 0 spiro atoms. The molecule has 0 saturated heterocycles. The third-order valence-corrected chi connectivity index (χ3v) is 2.06. The molecule has 0 aliphatic rings. The van der Waals surface area contributed by atoms with E-state index in [9.17, 15) is 4.79 Å². The average molecular weight is 186 g/mol. The van der Waals surface area contributed by atoms with Crippen LogP contribution in [0.5, 0.6) is 0 Å². The van der Waals surface area contributed by atoms with Crippen LogP contribution in [-0.2, 0) is 5.75 Å². The Kier molecular flexibility index (Phi) is 2.81. The molecule has 0 saturated carbocycles. The van der Waals surface area contributed by atoms with Gasteiger partial charge >= 0.3 is 5.97 Å². The second kappa shape index (κ2) is 3.67. The maximum Gasteiger partial charge on any atom is 0.339 e. The number of carboxylic acid groups (broad SMARTS) is 1. The van der Waals surface area contributed by atoms with Crippen LogP contribution in [0.1, 0.15) is 21.9 Å². The van der Waals surface area contributed by atoms with Crippen LogP contribution in [0.2, 0.25) is 0 Å². The van der Waals surface area contributed by atoms with Crippen LogP contribution >= 0.6 is 11.8 Å². The van der Waals surface area contributed by atoms with E-state index in [0.29, 0.717) is 11.5 Å². The molecule has 1 aromatic heterocycles. The van der Waals surface area contributed by atoms with Crippen molar-refractivity contribution in [1.29, 1.82) is 0 Å². The number of aromatic carboxylic acids is 1. The zero-order chi connectivity index (χ0) is 9.14. The molecular formula is C8H10O3S. The third kappa shape index (κ3) is 1.82. The summed E-state index contributed by atoms with van der Waals surface area (Å²) in [6.45, 7) is 1.66. The van der Waals surface area contributed by atoms with E-state index in [1.165, 1.54) is 0 Å². The van der Waals surface area contributed by atoms with Gasteiger partial charge in [0.25, 0.3) is 0 Å². The van der Waals surface area contributed by atoms with E-state index < -0.39 is 5.97 Å². The highest BCUT2D eigenvalue weighted by Crippen LogP contribution is 2.17. The Balaban J connectivity index is 2.92. The molecule has 0 amide bonds. The van der Waals surface area contributed by atoms with Crippen molar-refractivity contribution in [3.63, 3.8) is 0 Å². The van der Waals surface area contributed by atoms with Crippen LogP contribution in [0.4, 0.5) is 0 Å². The maximum absolute atomic E-state index is 10.6. The van der Waals surface area contributed by atoms with Gasteiger partial charge in [0.2, 0.25) is 0 Å². The molecule has 1 rings (SSSR count). The summed E-state index contributed by atoms with van der Waals surface area (Å²) in [4.78, 5) is 10.6. The van der Waals surface area contributed by atoms with Crippen molar-refractivity contribution in [2.24, 2.45) is 0 Å². The zero-order valence-corrected chi connectivity index (χ0v) is 7.77. The first-order valence-electron chi connectivity index (χ1n) is 3.46. The van der Waals surface area contributed by atoms with E-state index >= 15 is 0 Å². The van der Waals surface area contributed by atoms with Gasteiger partial charge in [0, 0.05) is 0 Å². The second-order valence-corrected chi connectivity index (χ2v) is 3.29. The molecule has 0 bridgehead atoms. The normalized spacial score (nSPS) is 10.2. The standard InChI is InChI=1S/C8H10O3S/c1-5-7(8(9)10)3-6(11-5)4-12-2/h3H,4H2,1-2H3,(H,9,10). The van der Waals surface area contributed by atoms with Crippen LogP contribution in [0.25, 0.3) is 0 Å². The molecule has 1 heterocycles. The Morgan fingerprint density at radius 2 is 2.42 bits per heavy atom. The monoisotopic (exact) mass is 186 g/mol. The van der Waals surface area contributed by atoms with Gasteiger partial charge < -0.3 is 9.52 Å². The van der Waals surface area contributed by atoms with Gasteiger partial charge in [0.1, 0.15) is 17.1 Å². The van der Waals surface area contributed by atoms with Crippen LogP contribution < -0.4 is 0 Å². The van der Waals surface area contributed by atoms with Crippen LogP contribution in [0.15, 0.2) is 10.5 Å².